The molecule has 0 fully saturated rings. The van der Waals surface area contributed by atoms with Crippen LogP contribution in [0.15, 0.2) is 29.2 Å². The van der Waals surface area contributed by atoms with Crippen LogP contribution in [0.4, 0.5) is 0 Å². The van der Waals surface area contributed by atoms with Gasteiger partial charge in [0.25, 0.3) is 0 Å². The van der Waals surface area contributed by atoms with Crippen molar-refractivity contribution in [2.45, 2.75) is 326 Å². The van der Waals surface area contributed by atoms with Crippen molar-refractivity contribution in [3.8, 4) is 0 Å². The van der Waals surface area contributed by atoms with Crippen molar-refractivity contribution in [1.82, 2.24) is 0 Å². The molecule has 0 aromatic heterocycles. The second kappa shape index (κ2) is 50.2. The predicted octanol–water partition coefficient (Wildman–Crippen LogP) is 16.9. The molecule has 61 heavy (non-hydrogen) atoms. The first kappa shape index (κ1) is 61.8. The largest absolute Gasteiger partial charge is 1.00 e. The van der Waals surface area contributed by atoms with E-state index in [0.29, 0.717) is 0 Å². The van der Waals surface area contributed by atoms with Crippen molar-refractivity contribution >= 4 is 10.1 Å². The zero-order valence-electron chi connectivity index (χ0n) is 41.6. The van der Waals surface area contributed by atoms with E-state index in [1.165, 1.54) is 314 Å². The van der Waals surface area contributed by atoms with Gasteiger partial charge in [0.2, 0.25) is 0 Å². The summed E-state index contributed by atoms with van der Waals surface area (Å²) in [6, 6.07) is 6.52. The van der Waals surface area contributed by atoms with Gasteiger partial charge < -0.3 is 4.55 Å². The fraction of sp³-hybridized carbons (Fsp3) is 0.893. The van der Waals surface area contributed by atoms with Crippen LogP contribution in [0, 0.1) is 0 Å². The fourth-order valence-electron chi connectivity index (χ4n) is 9.39. The molecule has 1 aromatic rings. The van der Waals surface area contributed by atoms with Crippen LogP contribution in [0.25, 0.3) is 0 Å². The summed E-state index contributed by atoms with van der Waals surface area (Å²) >= 11 is 0. The van der Waals surface area contributed by atoms with Crippen LogP contribution in [0.1, 0.15) is 321 Å². The van der Waals surface area contributed by atoms with Gasteiger partial charge in [-0.3, -0.25) is 0 Å². The van der Waals surface area contributed by atoms with Gasteiger partial charge in [0.15, 0.2) is 0 Å². The smallest absolute Gasteiger partial charge is 0.744 e. The molecule has 0 atom stereocenters. The van der Waals surface area contributed by atoms with Crippen LogP contribution in [0.3, 0.4) is 0 Å². The molecule has 1 aromatic carbocycles. The van der Waals surface area contributed by atoms with Gasteiger partial charge in [-0.2, -0.15) is 0 Å². The van der Waals surface area contributed by atoms with Crippen molar-refractivity contribution in [3.05, 3.63) is 29.8 Å². The third-order valence-electron chi connectivity index (χ3n) is 13.5. The summed E-state index contributed by atoms with van der Waals surface area (Å²) in [5, 5.41) is 0. The molecule has 0 spiro atoms. The van der Waals surface area contributed by atoms with Crippen molar-refractivity contribution in [2.24, 2.45) is 0 Å². The summed E-state index contributed by atoms with van der Waals surface area (Å²) in [4.78, 5) is -0.104. The molecular formula is C56H105KO3S. The fourth-order valence-corrected chi connectivity index (χ4v) is 9.93. The molecule has 0 saturated heterocycles. The van der Waals surface area contributed by atoms with Gasteiger partial charge in [0, 0.05) is 0 Å². The molecule has 0 heterocycles. The molecular weight excluding hydrogens is 792 g/mol. The van der Waals surface area contributed by atoms with Crippen LogP contribution in [0.5, 0.6) is 0 Å². The van der Waals surface area contributed by atoms with E-state index in [4.69, 9.17) is 0 Å². The Morgan fingerprint density at radius 1 is 0.328 bits per heavy atom. The standard InChI is InChI=1S/C56H106O3S.K/c1-2-3-4-5-6-7-8-9-10-11-12-13-14-15-16-17-18-19-20-21-22-23-24-25-26-27-28-29-30-31-32-33-34-35-36-37-38-39-40-41-42-43-44-45-46-47-48-49-51-55-52-50-53-56(54-55)60(57,58)59;/h50,52-54H,2-49,51H2,1H3,(H,57,58,59);/q;+1/p-1. The summed E-state index contributed by atoms with van der Waals surface area (Å²) < 4.78 is 33.6. The van der Waals surface area contributed by atoms with E-state index in [-0.39, 0.29) is 56.3 Å². The van der Waals surface area contributed by atoms with Gasteiger partial charge >= 0.3 is 51.4 Å². The number of benzene rings is 1. The molecule has 0 unspecified atom stereocenters. The van der Waals surface area contributed by atoms with E-state index < -0.39 is 10.1 Å². The summed E-state index contributed by atoms with van der Waals surface area (Å²) in [6.45, 7) is 2.31. The molecule has 5 heteroatoms. The first-order chi connectivity index (χ1) is 29.5. The van der Waals surface area contributed by atoms with Crippen LogP contribution >= 0.6 is 0 Å². The van der Waals surface area contributed by atoms with Crippen LogP contribution in [-0.4, -0.2) is 13.0 Å². The van der Waals surface area contributed by atoms with Gasteiger partial charge in [-0.15, -0.1) is 0 Å². The van der Waals surface area contributed by atoms with E-state index in [1.807, 2.05) is 6.07 Å². The number of rotatable bonds is 50. The number of hydrogen-bond acceptors (Lipinski definition) is 3. The summed E-state index contributed by atoms with van der Waals surface area (Å²) in [5.74, 6) is 0. The Kier molecular flexibility index (Phi) is 50.8. The molecule has 0 amide bonds. The summed E-state index contributed by atoms with van der Waals surface area (Å²) in [6.07, 6.45) is 69.9. The van der Waals surface area contributed by atoms with Crippen LogP contribution in [0.2, 0.25) is 0 Å². The van der Waals surface area contributed by atoms with Crippen molar-refractivity contribution in [1.29, 1.82) is 0 Å². The minimum atomic E-state index is -4.35. The number of aryl methyl sites for hydroxylation is 1. The van der Waals surface area contributed by atoms with Crippen molar-refractivity contribution < 1.29 is 64.4 Å². The Hall–Kier alpha value is 0.766. The van der Waals surface area contributed by atoms with Crippen LogP contribution < -0.4 is 51.4 Å². The summed E-state index contributed by atoms with van der Waals surface area (Å²) in [7, 11) is -4.35. The molecule has 0 aliphatic heterocycles. The first-order valence-corrected chi connectivity index (χ1v) is 29.0. The maximum atomic E-state index is 11.2. The zero-order chi connectivity index (χ0) is 43.1. The molecule has 0 saturated carbocycles. The van der Waals surface area contributed by atoms with Crippen molar-refractivity contribution in [2.75, 3.05) is 0 Å². The van der Waals surface area contributed by atoms with E-state index in [9.17, 15) is 13.0 Å². The van der Waals surface area contributed by atoms with Gasteiger partial charge in [0.1, 0.15) is 10.1 Å². The van der Waals surface area contributed by atoms with E-state index >= 15 is 0 Å². The van der Waals surface area contributed by atoms with E-state index in [0.717, 1.165) is 18.4 Å². The molecule has 0 radical (unpaired) electrons. The van der Waals surface area contributed by atoms with Gasteiger partial charge in [-0.25, -0.2) is 8.42 Å². The molecule has 0 aliphatic carbocycles. The third-order valence-corrected chi connectivity index (χ3v) is 14.3. The molecule has 0 aliphatic rings. The van der Waals surface area contributed by atoms with E-state index in [1.54, 1.807) is 6.07 Å². The minimum absolute atomic E-state index is 0. The monoisotopic (exact) mass is 897 g/mol. The molecule has 354 valence electrons. The SMILES string of the molecule is CCCCCCCCCCCCCCCCCCCCCCCCCCCCCCCCCCCCCCCCCCCCCCCCCCc1cccc(S(=O)(=O)[O-])c1.[K+]. The van der Waals surface area contributed by atoms with E-state index in [2.05, 4.69) is 6.92 Å². The zero-order valence-corrected chi connectivity index (χ0v) is 45.5. The number of unbranched alkanes of at least 4 members (excludes halogenated alkanes) is 47. The Morgan fingerprint density at radius 3 is 0.721 bits per heavy atom. The maximum Gasteiger partial charge on any atom is 1.00 e. The Labute approximate surface area is 426 Å². The molecule has 1 rings (SSSR count). The molecule has 0 bridgehead atoms. The van der Waals surface area contributed by atoms with Gasteiger partial charge in [-0.1, -0.05) is 321 Å². The second-order valence-electron chi connectivity index (χ2n) is 19.5. The maximum absolute atomic E-state index is 11.2. The average molecular weight is 898 g/mol. The van der Waals surface area contributed by atoms with Gasteiger partial charge in [0.05, 0.1) is 4.90 Å². The molecule has 0 N–H and O–H groups in total. The average Bonchev–Trinajstić information content (AvgIpc) is 3.24. The predicted molar refractivity (Wildman–Crippen MR) is 265 cm³/mol. The number of hydrogen-bond donors (Lipinski definition) is 0. The Morgan fingerprint density at radius 2 is 0.525 bits per heavy atom. The Balaban J connectivity index is 0.0000360. The Bertz CT molecular complexity index is 1090. The van der Waals surface area contributed by atoms with Crippen LogP contribution in [-0.2, 0) is 16.5 Å². The quantitative estimate of drug-likeness (QED) is 0.0372. The molecule has 3 nitrogen and oxygen atoms in total. The first-order valence-electron chi connectivity index (χ1n) is 27.6. The minimum Gasteiger partial charge on any atom is -0.744 e. The normalized spacial score (nSPS) is 11.7. The topological polar surface area (TPSA) is 57.2 Å². The third kappa shape index (κ3) is 47.1. The summed E-state index contributed by atoms with van der Waals surface area (Å²) in [5.41, 5.74) is 0.953. The second-order valence-corrected chi connectivity index (χ2v) is 20.8. The van der Waals surface area contributed by atoms with Crippen molar-refractivity contribution in [3.63, 3.8) is 0 Å². The van der Waals surface area contributed by atoms with Gasteiger partial charge in [-0.05, 0) is 30.5 Å².